The zero-order valence-corrected chi connectivity index (χ0v) is 16.1. The molecule has 1 aliphatic carbocycles. The van der Waals surface area contributed by atoms with Crippen LogP contribution in [0.25, 0.3) is 0 Å². The first-order chi connectivity index (χ1) is 13.2. The third kappa shape index (κ3) is 4.02. The van der Waals surface area contributed by atoms with Gasteiger partial charge in [-0.05, 0) is 35.4 Å². The molecule has 2 nitrogen and oxygen atoms in total. The lowest BCUT2D eigenvalue weighted by atomic mass is 10.0. The van der Waals surface area contributed by atoms with Crippen molar-refractivity contribution in [2.24, 2.45) is 5.41 Å². The number of hydrogen-bond acceptors (Lipinski definition) is 2. The second-order valence-electron chi connectivity index (χ2n) is 7.35. The molecular formula is C24H23ClO2. The van der Waals surface area contributed by atoms with Crippen molar-refractivity contribution in [2.75, 3.05) is 6.61 Å². The molecule has 0 heterocycles. The van der Waals surface area contributed by atoms with E-state index in [9.17, 15) is 0 Å². The smallest absolute Gasteiger partial charge is 0.127 e. The second kappa shape index (κ2) is 7.75. The van der Waals surface area contributed by atoms with Crippen molar-refractivity contribution in [1.82, 2.24) is 0 Å². The molecule has 138 valence electrons. The molecule has 3 heteroatoms. The molecule has 4 rings (SSSR count). The Balaban J connectivity index is 1.34. The minimum atomic E-state index is -0.0128. The summed E-state index contributed by atoms with van der Waals surface area (Å²) in [6, 6.07) is 28.3. The number of rotatable bonds is 7. The molecule has 0 saturated heterocycles. The first-order valence-electron chi connectivity index (χ1n) is 9.25. The number of para-hydroxylation sites is 1. The predicted molar refractivity (Wildman–Crippen MR) is 110 cm³/mol. The Morgan fingerprint density at radius 1 is 0.852 bits per heavy atom. The van der Waals surface area contributed by atoms with E-state index < -0.39 is 0 Å². The Kier molecular flexibility index (Phi) is 5.20. The quantitative estimate of drug-likeness (QED) is 0.442. The van der Waals surface area contributed by atoms with Gasteiger partial charge in [-0.3, -0.25) is 0 Å². The van der Waals surface area contributed by atoms with Crippen LogP contribution in [0.4, 0.5) is 0 Å². The summed E-state index contributed by atoms with van der Waals surface area (Å²) in [4.78, 5) is 0. The van der Waals surface area contributed by atoms with Gasteiger partial charge in [0.05, 0.1) is 13.2 Å². The molecule has 0 N–H and O–H groups in total. The first kappa shape index (κ1) is 18.1. The van der Waals surface area contributed by atoms with Crippen molar-refractivity contribution in [1.29, 1.82) is 0 Å². The SMILES string of the molecule is C[C@]1(COCc2cccc(Oc3ccccc3)c2)[C@H](Cl)[C@@H]1c1ccccc1. The van der Waals surface area contributed by atoms with Crippen molar-refractivity contribution in [3.63, 3.8) is 0 Å². The maximum atomic E-state index is 6.59. The van der Waals surface area contributed by atoms with E-state index >= 15 is 0 Å². The monoisotopic (exact) mass is 378 g/mol. The Hall–Kier alpha value is -2.29. The summed E-state index contributed by atoms with van der Waals surface area (Å²) in [6.45, 7) is 3.40. The predicted octanol–water partition coefficient (Wildman–Crippen LogP) is 6.41. The molecule has 0 spiro atoms. The highest BCUT2D eigenvalue weighted by atomic mass is 35.5. The topological polar surface area (TPSA) is 18.5 Å². The molecule has 0 bridgehead atoms. The normalized spacial score (nSPS) is 23.8. The van der Waals surface area contributed by atoms with Crippen LogP contribution in [0.1, 0.15) is 24.0 Å². The van der Waals surface area contributed by atoms with Gasteiger partial charge in [0, 0.05) is 16.7 Å². The summed E-state index contributed by atoms with van der Waals surface area (Å²) in [5.41, 5.74) is 2.37. The summed E-state index contributed by atoms with van der Waals surface area (Å²) in [5, 5.41) is 0.118. The highest BCUT2D eigenvalue weighted by Gasteiger charge is 2.61. The van der Waals surface area contributed by atoms with Gasteiger partial charge in [0.25, 0.3) is 0 Å². The lowest BCUT2D eigenvalue weighted by molar-refractivity contribution is 0.0823. The molecule has 3 atom stereocenters. The van der Waals surface area contributed by atoms with Crippen LogP contribution in [-0.2, 0) is 11.3 Å². The van der Waals surface area contributed by atoms with Crippen LogP contribution in [0.3, 0.4) is 0 Å². The van der Waals surface area contributed by atoms with Crippen molar-refractivity contribution in [3.05, 3.63) is 96.1 Å². The van der Waals surface area contributed by atoms with Gasteiger partial charge in [-0.25, -0.2) is 0 Å². The number of halogens is 1. The van der Waals surface area contributed by atoms with Gasteiger partial charge in [0.2, 0.25) is 0 Å². The number of ether oxygens (including phenoxy) is 2. The molecule has 1 fully saturated rings. The summed E-state index contributed by atoms with van der Waals surface area (Å²) < 4.78 is 11.9. The Labute approximate surface area is 165 Å². The summed E-state index contributed by atoms with van der Waals surface area (Å²) in [5.74, 6) is 2.00. The van der Waals surface area contributed by atoms with Gasteiger partial charge in [-0.15, -0.1) is 11.6 Å². The van der Waals surface area contributed by atoms with E-state index in [0.29, 0.717) is 19.1 Å². The first-order valence-corrected chi connectivity index (χ1v) is 9.69. The molecule has 0 unspecified atom stereocenters. The minimum absolute atomic E-state index is 0.0128. The van der Waals surface area contributed by atoms with E-state index in [4.69, 9.17) is 21.1 Å². The molecule has 0 radical (unpaired) electrons. The Morgan fingerprint density at radius 2 is 1.52 bits per heavy atom. The van der Waals surface area contributed by atoms with Gasteiger partial charge in [-0.1, -0.05) is 67.6 Å². The number of hydrogen-bond donors (Lipinski definition) is 0. The van der Waals surface area contributed by atoms with Crippen molar-refractivity contribution < 1.29 is 9.47 Å². The van der Waals surface area contributed by atoms with Crippen LogP contribution in [0, 0.1) is 5.41 Å². The Morgan fingerprint density at radius 3 is 2.26 bits per heavy atom. The van der Waals surface area contributed by atoms with Crippen LogP contribution >= 0.6 is 11.6 Å². The summed E-state index contributed by atoms with van der Waals surface area (Å²) >= 11 is 6.59. The number of benzene rings is 3. The minimum Gasteiger partial charge on any atom is -0.457 e. The average Bonchev–Trinajstić information content (AvgIpc) is 3.24. The van der Waals surface area contributed by atoms with Gasteiger partial charge in [-0.2, -0.15) is 0 Å². The average molecular weight is 379 g/mol. The standard InChI is InChI=1S/C24H23ClO2/c1-24(22(23(24)25)19-10-4-2-5-11-19)17-26-16-18-9-8-14-21(15-18)27-20-12-6-3-7-13-20/h2-15,22-23H,16-17H2,1H3/t22-,23+,24+/m0/s1. The van der Waals surface area contributed by atoms with E-state index in [2.05, 4.69) is 37.3 Å². The van der Waals surface area contributed by atoms with Crippen LogP contribution < -0.4 is 4.74 Å². The van der Waals surface area contributed by atoms with E-state index in [1.54, 1.807) is 0 Å². The molecule has 0 aromatic heterocycles. The highest BCUT2D eigenvalue weighted by Crippen LogP contribution is 2.62. The second-order valence-corrected chi connectivity index (χ2v) is 7.82. The fourth-order valence-corrected chi connectivity index (χ4v) is 4.16. The van der Waals surface area contributed by atoms with Crippen molar-refractivity contribution >= 4 is 11.6 Å². The van der Waals surface area contributed by atoms with E-state index in [1.807, 2.05) is 54.6 Å². The molecule has 0 amide bonds. The maximum absolute atomic E-state index is 6.59. The van der Waals surface area contributed by atoms with Crippen LogP contribution in [-0.4, -0.2) is 12.0 Å². The number of alkyl halides is 1. The van der Waals surface area contributed by atoms with E-state index in [-0.39, 0.29) is 10.8 Å². The van der Waals surface area contributed by atoms with E-state index in [1.165, 1.54) is 5.56 Å². The third-order valence-electron chi connectivity index (χ3n) is 5.24. The fourth-order valence-electron chi connectivity index (χ4n) is 3.60. The molecule has 27 heavy (non-hydrogen) atoms. The van der Waals surface area contributed by atoms with Crippen molar-refractivity contribution in [2.45, 2.75) is 24.8 Å². The van der Waals surface area contributed by atoms with Crippen LogP contribution in [0.5, 0.6) is 11.5 Å². The van der Waals surface area contributed by atoms with Gasteiger partial charge in [0.1, 0.15) is 11.5 Å². The maximum Gasteiger partial charge on any atom is 0.127 e. The van der Waals surface area contributed by atoms with Crippen LogP contribution in [0.2, 0.25) is 0 Å². The highest BCUT2D eigenvalue weighted by molar-refractivity contribution is 6.24. The molecular weight excluding hydrogens is 356 g/mol. The van der Waals surface area contributed by atoms with Gasteiger partial charge >= 0.3 is 0 Å². The molecule has 0 aliphatic heterocycles. The van der Waals surface area contributed by atoms with Gasteiger partial charge < -0.3 is 9.47 Å². The van der Waals surface area contributed by atoms with Crippen LogP contribution in [0.15, 0.2) is 84.9 Å². The molecule has 1 saturated carbocycles. The zero-order chi connectivity index (χ0) is 18.7. The van der Waals surface area contributed by atoms with E-state index in [0.717, 1.165) is 17.1 Å². The third-order valence-corrected chi connectivity index (χ3v) is 5.99. The Bertz CT molecular complexity index is 881. The lowest BCUT2D eigenvalue weighted by Gasteiger charge is -2.13. The summed E-state index contributed by atoms with van der Waals surface area (Å²) in [6.07, 6.45) is 0. The lowest BCUT2D eigenvalue weighted by Crippen LogP contribution is -2.10. The summed E-state index contributed by atoms with van der Waals surface area (Å²) in [7, 11) is 0. The molecule has 3 aromatic carbocycles. The fraction of sp³-hybridized carbons (Fsp3) is 0.250. The molecule has 1 aliphatic rings. The van der Waals surface area contributed by atoms with Gasteiger partial charge in [0.15, 0.2) is 0 Å². The largest absolute Gasteiger partial charge is 0.457 e. The zero-order valence-electron chi connectivity index (χ0n) is 15.3. The van der Waals surface area contributed by atoms with Crippen molar-refractivity contribution in [3.8, 4) is 11.5 Å². The molecule has 3 aromatic rings.